The summed E-state index contributed by atoms with van der Waals surface area (Å²) >= 11 is 1.27. The molecule has 1 aliphatic rings. The summed E-state index contributed by atoms with van der Waals surface area (Å²) in [5.74, 6) is -0.134. The summed E-state index contributed by atoms with van der Waals surface area (Å²) in [5, 5.41) is 11.7. The van der Waals surface area contributed by atoms with Crippen LogP contribution in [0.15, 0.2) is 66.2 Å². The summed E-state index contributed by atoms with van der Waals surface area (Å²) in [5.41, 5.74) is 2.66. The number of carbonyl (C=O) groups is 2. The molecular weight excluding hydrogens is 516 g/mol. The first-order valence-electron chi connectivity index (χ1n) is 12.6. The van der Waals surface area contributed by atoms with Gasteiger partial charge >= 0.3 is 5.91 Å². The van der Waals surface area contributed by atoms with Gasteiger partial charge in [-0.3, -0.25) is 14.5 Å². The van der Waals surface area contributed by atoms with E-state index in [1.54, 1.807) is 49.6 Å². The molecule has 5 rings (SSSR count). The molecule has 1 N–H and O–H groups in total. The number of amides is 1. The zero-order valence-electron chi connectivity index (χ0n) is 22.1. The van der Waals surface area contributed by atoms with Gasteiger partial charge in [-0.2, -0.15) is 0 Å². The van der Waals surface area contributed by atoms with Gasteiger partial charge in [0.15, 0.2) is 16.6 Å². The zero-order chi connectivity index (χ0) is 27.7. The Balaban J connectivity index is 1.72. The fourth-order valence-electron chi connectivity index (χ4n) is 4.57. The van der Waals surface area contributed by atoms with E-state index in [0.717, 1.165) is 10.3 Å². The van der Waals surface area contributed by atoms with Crippen LogP contribution >= 0.6 is 11.3 Å². The molecule has 0 radical (unpaired) electrons. The van der Waals surface area contributed by atoms with Gasteiger partial charge in [0.25, 0.3) is 5.78 Å². The number of benzene rings is 3. The van der Waals surface area contributed by atoms with Crippen LogP contribution in [0.2, 0.25) is 0 Å². The molecule has 1 aromatic heterocycles. The molecule has 4 aromatic rings. The van der Waals surface area contributed by atoms with E-state index in [-0.39, 0.29) is 11.3 Å². The highest BCUT2D eigenvalue weighted by Gasteiger charge is 2.48. The molecule has 1 unspecified atom stereocenters. The molecule has 1 amide bonds. The third-order valence-electron chi connectivity index (χ3n) is 6.44. The summed E-state index contributed by atoms with van der Waals surface area (Å²) in [6, 6.07) is 16.9. The number of hydrogen-bond acceptors (Lipinski definition) is 8. The van der Waals surface area contributed by atoms with Gasteiger partial charge in [-0.15, -0.1) is 0 Å². The van der Waals surface area contributed by atoms with E-state index >= 15 is 0 Å². The number of ether oxygens (including phenoxy) is 3. The Hall–Kier alpha value is -4.37. The molecular formula is C30H28N2O6S. The number of rotatable bonds is 8. The number of fused-ring (bicyclic) bond motifs is 1. The molecule has 2 heterocycles. The van der Waals surface area contributed by atoms with E-state index < -0.39 is 17.7 Å². The lowest BCUT2D eigenvalue weighted by molar-refractivity contribution is -0.132. The minimum absolute atomic E-state index is 0.0210. The van der Waals surface area contributed by atoms with Crippen LogP contribution in [-0.4, -0.2) is 42.1 Å². The number of aliphatic hydroxyl groups is 1. The molecule has 9 heteroatoms. The van der Waals surface area contributed by atoms with Crippen molar-refractivity contribution in [3.8, 4) is 17.2 Å². The first-order valence-corrected chi connectivity index (χ1v) is 13.4. The predicted octanol–water partition coefficient (Wildman–Crippen LogP) is 6.04. The maximum atomic E-state index is 13.6. The number of hydrogen-bond donors (Lipinski definition) is 1. The molecule has 0 spiro atoms. The van der Waals surface area contributed by atoms with Crippen molar-refractivity contribution in [2.24, 2.45) is 0 Å². The van der Waals surface area contributed by atoms with Crippen LogP contribution in [0.25, 0.3) is 16.0 Å². The molecule has 1 aliphatic heterocycles. The van der Waals surface area contributed by atoms with Crippen molar-refractivity contribution in [1.29, 1.82) is 0 Å². The van der Waals surface area contributed by atoms with Crippen molar-refractivity contribution < 1.29 is 28.9 Å². The van der Waals surface area contributed by atoms with Gasteiger partial charge in [-0.25, -0.2) is 4.98 Å². The predicted molar refractivity (Wildman–Crippen MR) is 151 cm³/mol. The van der Waals surface area contributed by atoms with Crippen LogP contribution in [0, 0.1) is 6.92 Å². The topological polar surface area (TPSA) is 98.2 Å². The average Bonchev–Trinajstić information content (AvgIpc) is 3.47. The maximum absolute atomic E-state index is 13.6. The number of thiazole rings is 1. The number of nitrogens with zero attached hydrogens (tertiary/aromatic N) is 2. The molecule has 39 heavy (non-hydrogen) atoms. The van der Waals surface area contributed by atoms with Gasteiger partial charge in [0, 0.05) is 5.56 Å². The van der Waals surface area contributed by atoms with Crippen molar-refractivity contribution in [1.82, 2.24) is 4.98 Å². The van der Waals surface area contributed by atoms with Gasteiger partial charge < -0.3 is 19.3 Å². The van der Waals surface area contributed by atoms with Crippen LogP contribution in [0.5, 0.6) is 17.2 Å². The summed E-state index contributed by atoms with van der Waals surface area (Å²) in [6.07, 6.45) is 0. The third kappa shape index (κ3) is 4.81. The molecule has 0 aliphatic carbocycles. The Labute approximate surface area is 230 Å². The average molecular weight is 545 g/mol. The lowest BCUT2D eigenvalue weighted by atomic mass is 9.95. The fourth-order valence-corrected chi connectivity index (χ4v) is 5.59. The number of methoxy groups -OCH3 is 1. The Morgan fingerprint density at radius 3 is 2.38 bits per heavy atom. The van der Waals surface area contributed by atoms with E-state index in [9.17, 15) is 14.7 Å². The van der Waals surface area contributed by atoms with Crippen molar-refractivity contribution in [2.75, 3.05) is 25.2 Å². The molecule has 200 valence electrons. The van der Waals surface area contributed by atoms with Crippen LogP contribution < -0.4 is 19.1 Å². The minimum atomic E-state index is -0.941. The zero-order valence-corrected chi connectivity index (χ0v) is 22.9. The number of aryl methyl sites for hydroxylation is 1. The van der Waals surface area contributed by atoms with E-state index in [1.807, 2.05) is 39.0 Å². The summed E-state index contributed by atoms with van der Waals surface area (Å²) in [7, 11) is 1.58. The lowest BCUT2D eigenvalue weighted by Gasteiger charge is -2.24. The van der Waals surface area contributed by atoms with E-state index in [2.05, 4.69) is 4.98 Å². The summed E-state index contributed by atoms with van der Waals surface area (Å²) < 4.78 is 17.7. The van der Waals surface area contributed by atoms with Gasteiger partial charge in [0.1, 0.15) is 11.5 Å². The van der Waals surface area contributed by atoms with Gasteiger partial charge in [-0.05, 0) is 56.7 Å². The number of ketones is 1. The van der Waals surface area contributed by atoms with Crippen LogP contribution in [-0.2, 0) is 9.59 Å². The molecule has 1 fully saturated rings. The number of Topliss-reactive ketones (excluding diaryl/α,β-unsaturated/α-hetero) is 1. The van der Waals surface area contributed by atoms with E-state index in [0.29, 0.717) is 52.2 Å². The molecule has 0 bridgehead atoms. The quantitative estimate of drug-likeness (QED) is 0.164. The molecule has 1 atom stereocenters. The molecule has 3 aromatic carbocycles. The van der Waals surface area contributed by atoms with Gasteiger partial charge in [-0.1, -0.05) is 47.2 Å². The molecule has 0 saturated carbocycles. The fraction of sp³-hybridized carbons (Fsp3) is 0.233. The Kier molecular flexibility index (Phi) is 7.26. The third-order valence-corrected chi connectivity index (χ3v) is 7.46. The van der Waals surface area contributed by atoms with Crippen molar-refractivity contribution >= 4 is 44.1 Å². The standard InChI is InChI=1S/C30H28N2O6S/c1-5-37-22-14-11-19(15-23(22)38-6-2)26-25(27(33)18-9-7-17(3)8-10-18)28(34)29(35)32(26)30-31-21-13-12-20(36-4)16-24(21)39-30/h7-16,26,33H,5-6H2,1-4H3. The van der Waals surface area contributed by atoms with Crippen molar-refractivity contribution in [3.63, 3.8) is 0 Å². The number of aromatic nitrogens is 1. The number of carbonyl (C=O) groups excluding carboxylic acids is 2. The highest BCUT2D eigenvalue weighted by atomic mass is 32.1. The SMILES string of the molecule is CCOc1ccc(C2C(=C(O)c3ccc(C)cc3)C(=O)C(=O)N2c2nc3ccc(OC)cc3s2)cc1OCC. The number of aliphatic hydroxyl groups excluding tert-OH is 1. The Morgan fingerprint density at radius 1 is 0.974 bits per heavy atom. The Morgan fingerprint density at radius 2 is 1.69 bits per heavy atom. The number of anilines is 1. The minimum Gasteiger partial charge on any atom is -0.507 e. The normalized spacial score (nSPS) is 16.6. The summed E-state index contributed by atoms with van der Waals surface area (Å²) in [6.45, 7) is 6.51. The van der Waals surface area contributed by atoms with Gasteiger partial charge in [0.05, 0.1) is 42.2 Å². The van der Waals surface area contributed by atoms with E-state index in [4.69, 9.17) is 14.2 Å². The van der Waals surface area contributed by atoms with Crippen LogP contribution in [0.4, 0.5) is 5.13 Å². The first-order chi connectivity index (χ1) is 18.9. The van der Waals surface area contributed by atoms with Crippen molar-refractivity contribution in [2.45, 2.75) is 26.8 Å². The van der Waals surface area contributed by atoms with Crippen LogP contribution in [0.1, 0.15) is 36.6 Å². The summed E-state index contributed by atoms with van der Waals surface area (Å²) in [4.78, 5) is 33.2. The van der Waals surface area contributed by atoms with Crippen LogP contribution in [0.3, 0.4) is 0 Å². The molecule has 8 nitrogen and oxygen atoms in total. The second kappa shape index (κ2) is 10.8. The highest BCUT2D eigenvalue weighted by Crippen LogP contribution is 2.46. The largest absolute Gasteiger partial charge is 0.507 e. The second-order valence-corrected chi connectivity index (χ2v) is 9.95. The highest BCUT2D eigenvalue weighted by molar-refractivity contribution is 7.22. The lowest BCUT2D eigenvalue weighted by Crippen LogP contribution is -2.29. The Bertz CT molecular complexity index is 1590. The maximum Gasteiger partial charge on any atom is 0.301 e. The first kappa shape index (κ1) is 26.2. The second-order valence-electron chi connectivity index (χ2n) is 8.94. The van der Waals surface area contributed by atoms with Crippen molar-refractivity contribution in [3.05, 3.63) is 82.9 Å². The smallest absolute Gasteiger partial charge is 0.301 e. The van der Waals surface area contributed by atoms with Gasteiger partial charge in [0.2, 0.25) is 0 Å². The monoisotopic (exact) mass is 544 g/mol. The molecule has 1 saturated heterocycles. The van der Waals surface area contributed by atoms with E-state index in [1.165, 1.54) is 16.2 Å².